The average molecular weight is 544 g/mol. The van der Waals surface area contributed by atoms with Crippen LogP contribution in [-0.4, -0.2) is 34.3 Å². The van der Waals surface area contributed by atoms with Crippen molar-refractivity contribution in [3.8, 4) is 0 Å². The van der Waals surface area contributed by atoms with Crippen LogP contribution in [0.5, 0.6) is 0 Å². The van der Waals surface area contributed by atoms with Crippen molar-refractivity contribution in [1.82, 2.24) is 25.4 Å². The standard InChI is InChI=1S/C21H23F3N6.HI/c1-25-20(27-10-9-16-5-7-19(8-6-16)21(22,23)24)28-12-17-3-2-4-18(11-17)13-30-15-26-14-29-30;/h2-8,11,14-15H,9-10,12-13H2,1H3,(H2,25,27,28);1H. The first-order valence-electron chi connectivity index (χ1n) is 9.45. The summed E-state index contributed by atoms with van der Waals surface area (Å²) in [5.74, 6) is 0.628. The molecule has 0 aliphatic carbocycles. The highest BCUT2D eigenvalue weighted by Gasteiger charge is 2.29. The van der Waals surface area contributed by atoms with Gasteiger partial charge in [0.05, 0.1) is 12.1 Å². The van der Waals surface area contributed by atoms with E-state index in [4.69, 9.17) is 0 Å². The van der Waals surface area contributed by atoms with E-state index in [-0.39, 0.29) is 24.0 Å². The van der Waals surface area contributed by atoms with Crippen LogP contribution in [0.15, 0.2) is 66.2 Å². The number of hydrogen-bond acceptors (Lipinski definition) is 3. The van der Waals surface area contributed by atoms with Crippen LogP contribution in [-0.2, 0) is 25.7 Å². The summed E-state index contributed by atoms with van der Waals surface area (Å²) in [6.45, 7) is 1.79. The second kappa shape index (κ2) is 11.7. The maximum Gasteiger partial charge on any atom is 0.416 e. The molecule has 3 aromatic rings. The average Bonchev–Trinajstić information content (AvgIpc) is 3.23. The minimum absolute atomic E-state index is 0. The van der Waals surface area contributed by atoms with Crippen molar-refractivity contribution < 1.29 is 13.2 Å². The van der Waals surface area contributed by atoms with E-state index in [0.717, 1.165) is 28.8 Å². The van der Waals surface area contributed by atoms with Crippen LogP contribution in [0, 0.1) is 0 Å². The number of aromatic nitrogens is 3. The van der Waals surface area contributed by atoms with E-state index in [1.54, 1.807) is 18.1 Å². The molecule has 0 saturated heterocycles. The Bertz CT molecular complexity index is 956. The van der Waals surface area contributed by atoms with Crippen molar-refractivity contribution in [1.29, 1.82) is 0 Å². The Balaban J connectivity index is 0.00000341. The number of guanidine groups is 1. The Labute approximate surface area is 196 Å². The number of benzene rings is 2. The maximum atomic E-state index is 12.6. The minimum atomic E-state index is -4.31. The molecule has 1 heterocycles. The van der Waals surface area contributed by atoms with E-state index in [2.05, 4.69) is 31.8 Å². The summed E-state index contributed by atoms with van der Waals surface area (Å²) in [7, 11) is 1.68. The number of nitrogens with zero attached hydrogens (tertiary/aromatic N) is 4. The second-order valence-corrected chi connectivity index (χ2v) is 6.71. The molecule has 0 spiro atoms. The third kappa shape index (κ3) is 7.85. The second-order valence-electron chi connectivity index (χ2n) is 6.71. The van der Waals surface area contributed by atoms with Gasteiger partial charge in [0.2, 0.25) is 0 Å². The van der Waals surface area contributed by atoms with Gasteiger partial charge in [0, 0.05) is 20.1 Å². The predicted octanol–water partition coefficient (Wildman–Crippen LogP) is 3.87. The summed E-state index contributed by atoms with van der Waals surface area (Å²) in [6, 6.07) is 13.3. The zero-order chi connectivity index (χ0) is 21.4. The van der Waals surface area contributed by atoms with Gasteiger partial charge in [-0.1, -0.05) is 36.4 Å². The van der Waals surface area contributed by atoms with Gasteiger partial charge < -0.3 is 10.6 Å². The van der Waals surface area contributed by atoms with Gasteiger partial charge in [0.1, 0.15) is 12.7 Å². The van der Waals surface area contributed by atoms with Crippen LogP contribution in [0.3, 0.4) is 0 Å². The number of alkyl halides is 3. The lowest BCUT2D eigenvalue weighted by molar-refractivity contribution is -0.137. The zero-order valence-corrected chi connectivity index (χ0v) is 19.3. The third-order valence-corrected chi connectivity index (χ3v) is 4.47. The highest BCUT2D eigenvalue weighted by molar-refractivity contribution is 14.0. The molecule has 6 nitrogen and oxygen atoms in total. The van der Waals surface area contributed by atoms with Gasteiger partial charge in [-0.2, -0.15) is 18.3 Å². The lowest BCUT2D eigenvalue weighted by Crippen LogP contribution is -2.37. The number of halogens is 4. The SMILES string of the molecule is CN=C(NCCc1ccc(C(F)(F)F)cc1)NCc1cccc(Cn2cncn2)c1.I. The fourth-order valence-corrected chi connectivity index (χ4v) is 2.93. The summed E-state index contributed by atoms with van der Waals surface area (Å²) < 4.78 is 39.6. The first-order valence-corrected chi connectivity index (χ1v) is 9.45. The van der Waals surface area contributed by atoms with Gasteiger partial charge in [-0.05, 0) is 35.2 Å². The molecule has 1 aromatic heterocycles. The van der Waals surface area contributed by atoms with Crippen molar-refractivity contribution in [2.45, 2.75) is 25.7 Å². The Kier molecular flexibility index (Phi) is 9.28. The van der Waals surface area contributed by atoms with Gasteiger partial charge in [-0.15, -0.1) is 24.0 Å². The summed E-state index contributed by atoms with van der Waals surface area (Å²) in [4.78, 5) is 8.13. The molecule has 3 rings (SSSR count). The lowest BCUT2D eigenvalue weighted by atomic mass is 10.1. The van der Waals surface area contributed by atoms with Crippen molar-refractivity contribution in [2.75, 3.05) is 13.6 Å². The molecule has 0 radical (unpaired) electrons. The molecule has 0 unspecified atom stereocenters. The highest BCUT2D eigenvalue weighted by Crippen LogP contribution is 2.29. The third-order valence-electron chi connectivity index (χ3n) is 4.47. The Hall–Kier alpha value is -2.63. The van der Waals surface area contributed by atoms with Crippen molar-refractivity contribution in [2.24, 2.45) is 4.99 Å². The molecule has 0 aliphatic heterocycles. The summed E-state index contributed by atoms with van der Waals surface area (Å²) in [5, 5.41) is 10.5. The molecule has 2 N–H and O–H groups in total. The number of rotatable bonds is 7. The molecule has 0 aliphatic rings. The topological polar surface area (TPSA) is 67.1 Å². The van der Waals surface area contributed by atoms with Crippen LogP contribution in [0.4, 0.5) is 13.2 Å². The van der Waals surface area contributed by atoms with Crippen molar-refractivity contribution in [3.63, 3.8) is 0 Å². The lowest BCUT2D eigenvalue weighted by Gasteiger charge is -2.13. The fraction of sp³-hybridized carbons (Fsp3) is 0.286. The molecule has 10 heteroatoms. The zero-order valence-electron chi connectivity index (χ0n) is 16.9. The molecule has 2 aromatic carbocycles. The minimum Gasteiger partial charge on any atom is -0.356 e. The number of aliphatic imine (C=N–C) groups is 1. The van der Waals surface area contributed by atoms with Crippen LogP contribution >= 0.6 is 24.0 Å². The smallest absolute Gasteiger partial charge is 0.356 e. The first kappa shape index (κ1) is 24.6. The summed E-state index contributed by atoms with van der Waals surface area (Å²) in [5.41, 5.74) is 2.40. The largest absolute Gasteiger partial charge is 0.416 e. The van der Waals surface area contributed by atoms with Crippen LogP contribution in [0.2, 0.25) is 0 Å². The number of hydrogen-bond donors (Lipinski definition) is 2. The summed E-state index contributed by atoms with van der Waals surface area (Å²) in [6.07, 6.45) is -0.541. The van der Waals surface area contributed by atoms with Crippen LogP contribution in [0.25, 0.3) is 0 Å². The highest BCUT2D eigenvalue weighted by atomic mass is 127. The normalized spacial score (nSPS) is 11.7. The quantitative estimate of drug-likeness (QED) is 0.270. The van der Waals surface area contributed by atoms with Gasteiger partial charge >= 0.3 is 6.18 Å². The van der Waals surface area contributed by atoms with Gasteiger partial charge in [-0.25, -0.2) is 9.67 Å². The number of nitrogens with one attached hydrogen (secondary N) is 2. The molecule has 0 saturated carbocycles. The van der Waals surface area contributed by atoms with Crippen LogP contribution < -0.4 is 10.6 Å². The summed E-state index contributed by atoms with van der Waals surface area (Å²) >= 11 is 0. The molecule has 166 valence electrons. The molecular weight excluding hydrogens is 520 g/mol. The van der Waals surface area contributed by atoms with Gasteiger partial charge in [-0.3, -0.25) is 4.99 Å². The maximum absolute atomic E-state index is 12.6. The van der Waals surface area contributed by atoms with E-state index >= 15 is 0 Å². The molecule has 31 heavy (non-hydrogen) atoms. The molecule has 0 atom stereocenters. The van der Waals surface area contributed by atoms with E-state index in [9.17, 15) is 13.2 Å². The Morgan fingerprint density at radius 3 is 2.42 bits per heavy atom. The van der Waals surface area contributed by atoms with E-state index in [1.807, 2.05) is 18.2 Å². The monoisotopic (exact) mass is 544 g/mol. The van der Waals surface area contributed by atoms with E-state index < -0.39 is 11.7 Å². The first-order chi connectivity index (χ1) is 14.4. The Morgan fingerprint density at radius 1 is 1.03 bits per heavy atom. The van der Waals surface area contributed by atoms with Gasteiger partial charge in [0.25, 0.3) is 0 Å². The molecule has 0 fully saturated rings. The predicted molar refractivity (Wildman–Crippen MR) is 124 cm³/mol. The van der Waals surface area contributed by atoms with E-state index in [0.29, 0.717) is 32.0 Å². The van der Waals surface area contributed by atoms with Gasteiger partial charge in [0.15, 0.2) is 5.96 Å². The molecular formula is C21H24F3IN6. The van der Waals surface area contributed by atoms with E-state index in [1.165, 1.54) is 18.5 Å². The molecule has 0 bridgehead atoms. The Morgan fingerprint density at radius 2 is 1.77 bits per heavy atom. The van der Waals surface area contributed by atoms with Crippen LogP contribution in [0.1, 0.15) is 22.3 Å². The van der Waals surface area contributed by atoms with Crippen molar-refractivity contribution in [3.05, 3.63) is 83.4 Å². The fourth-order valence-electron chi connectivity index (χ4n) is 2.93. The van der Waals surface area contributed by atoms with Crippen molar-refractivity contribution >= 4 is 29.9 Å². The molecule has 0 amide bonds.